The summed E-state index contributed by atoms with van der Waals surface area (Å²) < 4.78 is 7.74. The summed E-state index contributed by atoms with van der Waals surface area (Å²) in [6, 6.07) is 1.85. The highest BCUT2D eigenvalue weighted by Crippen LogP contribution is 2.35. The van der Waals surface area contributed by atoms with Gasteiger partial charge >= 0.3 is 0 Å². The molecule has 2 fully saturated rings. The van der Waals surface area contributed by atoms with E-state index in [2.05, 4.69) is 31.9 Å². The van der Waals surface area contributed by atoms with E-state index in [0.717, 1.165) is 75.6 Å². The van der Waals surface area contributed by atoms with Crippen molar-refractivity contribution < 1.29 is 9.32 Å². The van der Waals surface area contributed by atoms with Gasteiger partial charge in [-0.05, 0) is 32.7 Å². The van der Waals surface area contributed by atoms with E-state index < -0.39 is 0 Å². The van der Waals surface area contributed by atoms with E-state index >= 15 is 0 Å². The molecule has 0 unspecified atom stereocenters. The first-order valence-corrected chi connectivity index (χ1v) is 11.1. The molecule has 2 aromatic heterocycles. The number of carbonyl (C=O) groups excluding carboxylic acids is 1. The highest BCUT2D eigenvalue weighted by molar-refractivity contribution is 5.92. The van der Waals surface area contributed by atoms with Crippen LogP contribution in [0.5, 0.6) is 0 Å². The summed E-state index contributed by atoms with van der Waals surface area (Å²) >= 11 is 0. The number of nitrogens with zero attached hydrogens (tertiary/aromatic N) is 6. The van der Waals surface area contributed by atoms with E-state index in [1.165, 1.54) is 19.3 Å². The Balaban J connectivity index is 1.36. The molecule has 4 heterocycles. The lowest BCUT2D eigenvalue weighted by atomic mass is 9.87. The second-order valence-electron chi connectivity index (χ2n) is 8.79. The summed E-state index contributed by atoms with van der Waals surface area (Å²) in [6.07, 6.45) is 8.86. The third-order valence-electron chi connectivity index (χ3n) is 6.85. The molecule has 1 saturated carbocycles. The van der Waals surface area contributed by atoms with Gasteiger partial charge < -0.3 is 18.9 Å². The molecular formula is C21H30N6O2. The van der Waals surface area contributed by atoms with Crippen molar-refractivity contribution in [1.29, 1.82) is 0 Å². The molecule has 8 heteroatoms. The first-order chi connectivity index (χ1) is 14.2. The summed E-state index contributed by atoms with van der Waals surface area (Å²) in [4.78, 5) is 17.5. The zero-order chi connectivity index (χ0) is 19.8. The maximum Gasteiger partial charge on any atom is 0.293 e. The number of hydrogen-bond donors (Lipinski definition) is 0. The zero-order valence-electron chi connectivity index (χ0n) is 17.2. The molecule has 0 aromatic carbocycles. The molecule has 156 valence electrons. The van der Waals surface area contributed by atoms with Gasteiger partial charge in [0.25, 0.3) is 5.91 Å². The second kappa shape index (κ2) is 7.89. The molecule has 0 spiro atoms. The molecule has 1 amide bonds. The predicted octanol–water partition coefficient (Wildman–Crippen LogP) is 2.78. The Labute approximate surface area is 171 Å². The number of aromatic nitrogens is 4. The van der Waals surface area contributed by atoms with Crippen molar-refractivity contribution in [2.45, 2.75) is 69.9 Å². The molecule has 29 heavy (non-hydrogen) atoms. The summed E-state index contributed by atoms with van der Waals surface area (Å²) in [7, 11) is 2.14. The van der Waals surface area contributed by atoms with E-state index in [4.69, 9.17) is 4.52 Å². The Bertz CT molecular complexity index is 868. The third kappa shape index (κ3) is 3.58. The van der Waals surface area contributed by atoms with E-state index in [1.807, 2.05) is 11.0 Å². The normalized spacial score (nSPS) is 23.9. The monoisotopic (exact) mass is 398 g/mol. The average Bonchev–Trinajstić information content (AvgIpc) is 3.48. The Hall–Kier alpha value is -2.22. The lowest BCUT2D eigenvalue weighted by Gasteiger charge is -2.23. The second-order valence-corrected chi connectivity index (χ2v) is 8.79. The van der Waals surface area contributed by atoms with Crippen LogP contribution in [0.4, 0.5) is 0 Å². The van der Waals surface area contributed by atoms with E-state index in [0.29, 0.717) is 11.7 Å². The van der Waals surface area contributed by atoms with Crippen LogP contribution in [0.1, 0.15) is 84.8 Å². The standard InChI is InChI=1S/C21H30N6O2/c1-25-11-9-19-22-23-20(27(19)13-12-25)17-8-5-10-26(17)21(28)18-14-16(24-29-18)15-6-3-2-4-7-15/h14-15,17H,2-13H2,1H3/t17-/m1/s1. The van der Waals surface area contributed by atoms with Gasteiger partial charge in [0.2, 0.25) is 5.76 Å². The fourth-order valence-electron chi connectivity index (χ4n) is 5.10. The molecule has 5 rings (SSSR count). The van der Waals surface area contributed by atoms with Crippen LogP contribution in [-0.2, 0) is 13.0 Å². The fourth-order valence-corrected chi connectivity index (χ4v) is 5.10. The van der Waals surface area contributed by atoms with Crippen molar-refractivity contribution in [3.8, 4) is 0 Å². The summed E-state index contributed by atoms with van der Waals surface area (Å²) in [6.45, 7) is 3.57. The maximum absolute atomic E-state index is 13.3. The van der Waals surface area contributed by atoms with Crippen molar-refractivity contribution in [3.05, 3.63) is 29.2 Å². The molecule has 1 saturated heterocycles. The van der Waals surface area contributed by atoms with E-state index in [-0.39, 0.29) is 11.9 Å². The number of fused-ring (bicyclic) bond motifs is 1. The third-order valence-corrected chi connectivity index (χ3v) is 6.85. The van der Waals surface area contributed by atoms with Crippen molar-refractivity contribution in [1.82, 2.24) is 29.7 Å². The van der Waals surface area contributed by atoms with Gasteiger partial charge in [0.1, 0.15) is 5.82 Å². The number of likely N-dealkylation sites (tertiary alicyclic amines) is 1. The van der Waals surface area contributed by atoms with Crippen molar-refractivity contribution >= 4 is 5.91 Å². The van der Waals surface area contributed by atoms with Crippen LogP contribution < -0.4 is 0 Å². The first kappa shape index (κ1) is 18.8. The lowest BCUT2D eigenvalue weighted by Crippen LogP contribution is -2.32. The minimum atomic E-state index is -0.0647. The topological polar surface area (TPSA) is 80.3 Å². The molecule has 3 aliphatic rings. The number of hydrogen-bond acceptors (Lipinski definition) is 6. The number of likely N-dealkylation sites (N-methyl/N-ethyl adjacent to an activating group) is 1. The van der Waals surface area contributed by atoms with Crippen LogP contribution in [0.3, 0.4) is 0 Å². The average molecular weight is 399 g/mol. The Kier molecular flexibility index (Phi) is 5.11. The van der Waals surface area contributed by atoms with Crippen LogP contribution in [0.15, 0.2) is 10.6 Å². The van der Waals surface area contributed by atoms with Gasteiger partial charge in [-0.3, -0.25) is 4.79 Å². The Morgan fingerprint density at radius 3 is 2.76 bits per heavy atom. The van der Waals surface area contributed by atoms with E-state index in [9.17, 15) is 4.79 Å². The summed E-state index contributed by atoms with van der Waals surface area (Å²) in [5.74, 6) is 2.70. The fraction of sp³-hybridized carbons (Fsp3) is 0.714. The SMILES string of the molecule is CN1CCc2nnc([C@H]3CCCN3C(=O)c3cc(C4CCCCC4)no3)n2CC1. The minimum absolute atomic E-state index is 0.0320. The number of carbonyl (C=O) groups is 1. The summed E-state index contributed by atoms with van der Waals surface area (Å²) in [5, 5.41) is 13.2. The minimum Gasteiger partial charge on any atom is -0.351 e. The van der Waals surface area contributed by atoms with Crippen molar-refractivity contribution in [2.24, 2.45) is 0 Å². The summed E-state index contributed by atoms with van der Waals surface area (Å²) in [5.41, 5.74) is 0.947. The molecule has 2 aromatic rings. The number of rotatable bonds is 3. The van der Waals surface area contributed by atoms with Gasteiger partial charge in [-0.15, -0.1) is 10.2 Å². The van der Waals surface area contributed by atoms with Crippen LogP contribution in [0.2, 0.25) is 0 Å². The molecular weight excluding hydrogens is 368 g/mol. The predicted molar refractivity (Wildman–Crippen MR) is 107 cm³/mol. The van der Waals surface area contributed by atoms with Crippen molar-refractivity contribution in [2.75, 3.05) is 26.7 Å². The molecule has 2 aliphatic heterocycles. The van der Waals surface area contributed by atoms with Gasteiger partial charge in [-0.2, -0.15) is 0 Å². The molecule has 0 N–H and O–H groups in total. The molecule has 0 radical (unpaired) electrons. The molecule has 1 atom stereocenters. The lowest BCUT2D eigenvalue weighted by molar-refractivity contribution is 0.0684. The van der Waals surface area contributed by atoms with Crippen LogP contribution in [0.25, 0.3) is 0 Å². The molecule has 8 nitrogen and oxygen atoms in total. The van der Waals surface area contributed by atoms with Gasteiger partial charge in [0.15, 0.2) is 5.82 Å². The maximum atomic E-state index is 13.3. The smallest absolute Gasteiger partial charge is 0.293 e. The largest absolute Gasteiger partial charge is 0.351 e. The van der Waals surface area contributed by atoms with E-state index in [1.54, 1.807) is 0 Å². The first-order valence-electron chi connectivity index (χ1n) is 11.1. The molecule has 0 bridgehead atoms. The Morgan fingerprint density at radius 2 is 1.90 bits per heavy atom. The van der Waals surface area contributed by atoms with Crippen LogP contribution in [0, 0.1) is 0 Å². The van der Waals surface area contributed by atoms with Crippen molar-refractivity contribution in [3.63, 3.8) is 0 Å². The van der Waals surface area contributed by atoms with Gasteiger partial charge in [0, 0.05) is 44.6 Å². The zero-order valence-corrected chi connectivity index (χ0v) is 17.2. The number of amides is 1. The molecule has 1 aliphatic carbocycles. The van der Waals surface area contributed by atoms with Gasteiger partial charge in [0.05, 0.1) is 11.7 Å². The van der Waals surface area contributed by atoms with Crippen LogP contribution >= 0.6 is 0 Å². The van der Waals surface area contributed by atoms with Gasteiger partial charge in [-0.25, -0.2) is 0 Å². The highest BCUT2D eigenvalue weighted by atomic mass is 16.5. The quantitative estimate of drug-likeness (QED) is 0.791. The highest BCUT2D eigenvalue weighted by Gasteiger charge is 2.36. The van der Waals surface area contributed by atoms with Crippen LogP contribution in [-0.4, -0.2) is 62.3 Å². The Morgan fingerprint density at radius 1 is 1.03 bits per heavy atom. The van der Waals surface area contributed by atoms with Gasteiger partial charge in [-0.1, -0.05) is 24.4 Å².